The first-order valence-corrected chi connectivity index (χ1v) is 14.5. The maximum atomic E-state index is 14.0. The summed E-state index contributed by atoms with van der Waals surface area (Å²) in [6, 6.07) is 19.3. The number of aryl methyl sites for hydroxylation is 1. The van der Waals surface area contributed by atoms with Gasteiger partial charge >= 0.3 is 0 Å². The van der Waals surface area contributed by atoms with Crippen molar-refractivity contribution in [1.82, 2.24) is 10.2 Å². The molecule has 0 aliphatic carbocycles. The Balaban J connectivity index is 2.06. The Morgan fingerprint density at radius 1 is 0.950 bits per heavy atom. The molecule has 0 spiro atoms. The third-order valence-corrected chi connectivity index (χ3v) is 8.22. The van der Waals surface area contributed by atoms with Gasteiger partial charge in [0.15, 0.2) is 0 Å². The average Bonchev–Trinajstić information content (AvgIpc) is 2.97. The van der Waals surface area contributed by atoms with Crippen LogP contribution in [0.3, 0.4) is 0 Å². The van der Waals surface area contributed by atoms with Crippen LogP contribution in [0, 0.1) is 6.92 Å². The number of methoxy groups -OCH3 is 2. The first-order chi connectivity index (χ1) is 19.1. The van der Waals surface area contributed by atoms with Crippen LogP contribution in [0.15, 0.2) is 77.7 Å². The van der Waals surface area contributed by atoms with Crippen LogP contribution in [0.25, 0.3) is 0 Å². The standard InChI is InChI=1S/C30H37N3O6S/c1-6-18-31-30(35)23(3)32(20-24-13-15-25(38-4)16-14-24)29(34)21-33(27-19-22(2)12-17-28(27)39-5)40(36,37)26-10-8-7-9-11-26/h7-17,19,23H,6,18,20-21H2,1-5H3,(H,31,35)/t23-/m1/s1. The van der Waals surface area contributed by atoms with E-state index >= 15 is 0 Å². The summed E-state index contributed by atoms with van der Waals surface area (Å²) in [7, 11) is -1.18. The Morgan fingerprint density at radius 3 is 2.23 bits per heavy atom. The van der Waals surface area contributed by atoms with E-state index in [-0.39, 0.29) is 23.0 Å². The molecule has 0 bridgehead atoms. The molecule has 0 saturated carbocycles. The van der Waals surface area contributed by atoms with Gasteiger partial charge in [0.1, 0.15) is 24.1 Å². The van der Waals surface area contributed by atoms with Crippen LogP contribution in [0.2, 0.25) is 0 Å². The van der Waals surface area contributed by atoms with Gasteiger partial charge in [-0.3, -0.25) is 13.9 Å². The Labute approximate surface area is 236 Å². The van der Waals surface area contributed by atoms with Crippen molar-refractivity contribution in [1.29, 1.82) is 0 Å². The summed E-state index contributed by atoms with van der Waals surface area (Å²) in [6.07, 6.45) is 0.737. The van der Waals surface area contributed by atoms with Gasteiger partial charge in [-0.25, -0.2) is 8.42 Å². The number of carbonyl (C=O) groups excluding carboxylic acids is 2. The molecule has 0 aliphatic heterocycles. The molecule has 0 fully saturated rings. The number of sulfonamides is 1. The number of amides is 2. The summed E-state index contributed by atoms with van der Waals surface area (Å²) in [5.74, 6) is 0.0859. The van der Waals surface area contributed by atoms with Gasteiger partial charge in [-0.2, -0.15) is 0 Å². The van der Waals surface area contributed by atoms with Crippen LogP contribution in [0.5, 0.6) is 11.5 Å². The third kappa shape index (κ3) is 7.32. The number of anilines is 1. The number of nitrogens with zero attached hydrogens (tertiary/aromatic N) is 2. The van der Waals surface area contributed by atoms with Gasteiger partial charge < -0.3 is 19.7 Å². The smallest absolute Gasteiger partial charge is 0.264 e. The Morgan fingerprint density at radius 2 is 1.62 bits per heavy atom. The molecule has 3 aromatic carbocycles. The van der Waals surface area contributed by atoms with E-state index in [4.69, 9.17) is 9.47 Å². The van der Waals surface area contributed by atoms with E-state index in [2.05, 4.69) is 5.32 Å². The second-order valence-corrected chi connectivity index (χ2v) is 11.2. The van der Waals surface area contributed by atoms with E-state index in [1.165, 1.54) is 24.1 Å². The molecule has 10 heteroatoms. The molecule has 3 aromatic rings. The molecule has 0 unspecified atom stereocenters. The minimum absolute atomic E-state index is 0.0294. The van der Waals surface area contributed by atoms with Crippen LogP contribution in [0.1, 0.15) is 31.4 Å². The maximum Gasteiger partial charge on any atom is 0.264 e. The van der Waals surface area contributed by atoms with Crippen LogP contribution >= 0.6 is 0 Å². The first-order valence-electron chi connectivity index (χ1n) is 13.0. The SMILES string of the molecule is CCCNC(=O)[C@@H](C)N(Cc1ccc(OC)cc1)C(=O)CN(c1cc(C)ccc1OC)S(=O)(=O)c1ccccc1. The van der Waals surface area contributed by atoms with Gasteiger partial charge in [-0.1, -0.05) is 43.3 Å². The largest absolute Gasteiger partial charge is 0.497 e. The molecular weight excluding hydrogens is 530 g/mol. The molecule has 9 nitrogen and oxygen atoms in total. The number of ether oxygens (including phenoxy) is 2. The highest BCUT2D eigenvalue weighted by Gasteiger charge is 2.33. The second-order valence-electron chi connectivity index (χ2n) is 9.34. The van der Waals surface area contributed by atoms with Crippen molar-refractivity contribution in [3.63, 3.8) is 0 Å². The highest BCUT2D eigenvalue weighted by atomic mass is 32.2. The first kappa shape index (κ1) is 30.5. The third-order valence-electron chi connectivity index (χ3n) is 6.44. The lowest BCUT2D eigenvalue weighted by molar-refractivity contribution is -0.139. The molecule has 0 aliphatic rings. The lowest BCUT2D eigenvalue weighted by atomic mass is 10.1. The highest BCUT2D eigenvalue weighted by molar-refractivity contribution is 7.92. The molecular formula is C30H37N3O6S. The van der Waals surface area contributed by atoms with Gasteiger partial charge in [-0.15, -0.1) is 0 Å². The zero-order valence-electron chi connectivity index (χ0n) is 23.6. The molecule has 0 radical (unpaired) electrons. The summed E-state index contributed by atoms with van der Waals surface area (Å²) in [4.78, 5) is 28.4. The molecule has 1 atom stereocenters. The molecule has 1 N–H and O–H groups in total. The summed E-state index contributed by atoms with van der Waals surface area (Å²) in [6.45, 7) is 5.41. The number of hydrogen-bond donors (Lipinski definition) is 1. The number of benzene rings is 3. The van der Waals surface area contributed by atoms with Crippen LogP contribution < -0.4 is 19.1 Å². The predicted molar refractivity (Wildman–Crippen MR) is 155 cm³/mol. The molecule has 40 heavy (non-hydrogen) atoms. The van der Waals surface area contributed by atoms with Crippen molar-refractivity contribution in [3.8, 4) is 11.5 Å². The molecule has 3 rings (SSSR count). The topological polar surface area (TPSA) is 105 Å². The van der Waals surface area contributed by atoms with E-state index in [0.29, 0.717) is 18.0 Å². The number of nitrogens with one attached hydrogen (secondary N) is 1. The molecule has 0 heterocycles. The van der Waals surface area contributed by atoms with Crippen molar-refractivity contribution in [2.75, 3.05) is 31.6 Å². The number of hydrogen-bond acceptors (Lipinski definition) is 6. The fourth-order valence-electron chi connectivity index (χ4n) is 4.13. The van der Waals surface area contributed by atoms with Crippen molar-refractivity contribution in [2.24, 2.45) is 0 Å². The fraction of sp³-hybridized carbons (Fsp3) is 0.333. The quantitative estimate of drug-likeness (QED) is 0.333. The minimum Gasteiger partial charge on any atom is -0.497 e. The van der Waals surface area contributed by atoms with Gasteiger partial charge in [-0.05, 0) is 67.8 Å². The van der Waals surface area contributed by atoms with E-state index < -0.39 is 28.5 Å². The second kappa shape index (κ2) is 13.8. The van der Waals surface area contributed by atoms with Gasteiger partial charge in [0.05, 0.1) is 24.8 Å². The van der Waals surface area contributed by atoms with Crippen molar-refractivity contribution < 1.29 is 27.5 Å². The predicted octanol–water partition coefficient (Wildman–Crippen LogP) is 4.15. The van der Waals surface area contributed by atoms with E-state index in [9.17, 15) is 18.0 Å². The average molecular weight is 568 g/mol. The Bertz CT molecular complexity index is 1390. The zero-order valence-corrected chi connectivity index (χ0v) is 24.4. The Kier molecular flexibility index (Phi) is 10.6. The molecule has 0 saturated heterocycles. The van der Waals surface area contributed by atoms with Crippen LogP contribution in [-0.4, -0.2) is 58.5 Å². The maximum absolute atomic E-state index is 14.0. The molecule has 0 aromatic heterocycles. The van der Waals surface area contributed by atoms with Crippen molar-refractivity contribution in [2.45, 2.75) is 44.7 Å². The zero-order chi connectivity index (χ0) is 29.3. The molecule has 2 amide bonds. The van der Waals surface area contributed by atoms with Gasteiger partial charge in [0.2, 0.25) is 11.8 Å². The fourth-order valence-corrected chi connectivity index (χ4v) is 5.57. The summed E-state index contributed by atoms with van der Waals surface area (Å²) < 4.78 is 39.7. The van der Waals surface area contributed by atoms with Crippen LogP contribution in [-0.2, 0) is 26.2 Å². The lowest BCUT2D eigenvalue weighted by Crippen LogP contribution is -2.51. The van der Waals surface area contributed by atoms with E-state index in [0.717, 1.165) is 21.9 Å². The number of rotatable bonds is 13. The highest BCUT2D eigenvalue weighted by Crippen LogP contribution is 2.33. The summed E-state index contributed by atoms with van der Waals surface area (Å²) >= 11 is 0. The van der Waals surface area contributed by atoms with E-state index in [1.54, 1.807) is 74.7 Å². The lowest BCUT2D eigenvalue weighted by Gasteiger charge is -2.32. The normalized spacial score (nSPS) is 11.8. The van der Waals surface area contributed by atoms with Gasteiger partial charge in [0.25, 0.3) is 10.0 Å². The van der Waals surface area contributed by atoms with E-state index in [1.807, 2.05) is 13.8 Å². The van der Waals surface area contributed by atoms with Crippen LogP contribution in [0.4, 0.5) is 5.69 Å². The van der Waals surface area contributed by atoms with Crippen molar-refractivity contribution >= 4 is 27.5 Å². The number of carbonyl (C=O) groups is 2. The summed E-state index contributed by atoms with van der Waals surface area (Å²) in [5.41, 5.74) is 1.78. The Hall–Kier alpha value is -4.05. The van der Waals surface area contributed by atoms with Gasteiger partial charge in [0, 0.05) is 13.1 Å². The minimum atomic E-state index is -4.19. The van der Waals surface area contributed by atoms with Crippen molar-refractivity contribution in [3.05, 3.63) is 83.9 Å². The molecule has 214 valence electrons. The monoisotopic (exact) mass is 567 g/mol. The summed E-state index contributed by atoms with van der Waals surface area (Å²) in [5, 5.41) is 2.83.